The fourth-order valence-corrected chi connectivity index (χ4v) is 15.2. The van der Waals surface area contributed by atoms with Gasteiger partial charge in [0.2, 0.25) is 0 Å². The van der Waals surface area contributed by atoms with E-state index in [2.05, 4.69) is 215 Å². The predicted molar refractivity (Wildman–Crippen MR) is 239 cm³/mol. The van der Waals surface area contributed by atoms with E-state index in [1.54, 1.807) is 0 Å². The van der Waals surface area contributed by atoms with E-state index in [9.17, 15) is 0 Å². The van der Waals surface area contributed by atoms with Crippen LogP contribution in [0.1, 0.15) is 146 Å². The van der Waals surface area contributed by atoms with Crippen LogP contribution in [0.2, 0.25) is 0 Å². The average molecular weight is 735 g/mol. The Hall–Kier alpha value is -2.26. The average Bonchev–Trinajstić information content (AvgIpc) is 3.05. The highest BCUT2D eigenvalue weighted by Crippen LogP contribution is 2.61. The Morgan fingerprint density at radius 2 is 0.558 bits per heavy atom. The predicted octanol–water partition coefficient (Wildman–Crippen LogP) is 13.3. The van der Waals surface area contributed by atoms with Crippen molar-refractivity contribution >= 4 is 37.1 Å². The molecule has 0 aliphatic rings. The fourth-order valence-electron chi connectivity index (χ4n) is 8.47. The van der Waals surface area contributed by atoms with Crippen LogP contribution >= 0.6 is 15.8 Å². The van der Waals surface area contributed by atoms with Gasteiger partial charge in [-0.15, -0.1) is 0 Å². The van der Waals surface area contributed by atoms with E-state index in [1.165, 1.54) is 43.5 Å². The second-order valence-electron chi connectivity index (χ2n) is 19.9. The lowest BCUT2D eigenvalue weighted by atomic mass is 9.70. The quantitative estimate of drug-likeness (QED) is 0.142. The lowest BCUT2D eigenvalue weighted by Gasteiger charge is -2.52. The van der Waals surface area contributed by atoms with Gasteiger partial charge >= 0.3 is 0 Å². The molecule has 0 amide bonds. The zero-order chi connectivity index (χ0) is 39.0. The van der Waals surface area contributed by atoms with Gasteiger partial charge < -0.3 is 0 Å². The molecule has 0 aliphatic heterocycles. The smallest absolute Gasteiger partial charge is 0.00921 e. The number of hydrogen-bond acceptors (Lipinski definition) is 0. The summed E-state index contributed by atoms with van der Waals surface area (Å²) in [5, 5.41) is 5.99. The fraction of sp³-hybridized carbons (Fsp3) is 0.520. The highest BCUT2D eigenvalue weighted by molar-refractivity contribution is 7.74. The molecule has 0 N–H and O–H groups in total. The van der Waals surface area contributed by atoms with Gasteiger partial charge in [-0.3, -0.25) is 0 Å². The van der Waals surface area contributed by atoms with E-state index in [4.69, 9.17) is 0 Å². The molecule has 282 valence electrons. The zero-order valence-electron chi connectivity index (χ0n) is 36.1. The van der Waals surface area contributed by atoms with E-state index < -0.39 is 15.8 Å². The molecule has 2 heteroatoms. The summed E-state index contributed by atoms with van der Waals surface area (Å²) >= 11 is 0. The molecule has 2 atom stereocenters. The summed E-state index contributed by atoms with van der Waals surface area (Å²) in [6.45, 7) is 40.7. The maximum Gasteiger partial charge on any atom is -0.00921 e. The van der Waals surface area contributed by atoms with Crippen LogP contribution in [0.4, 0.5) is 0 Å². The van der Waals surface area contributed by atoms with Gasteiger partial charge in [-0.1, -0.05) is 215 Å². The van der Waals surface area contributed by atoms with E-state index in [0.29, 0.717) is 17.2 Å². The third-order valence-corrected chi connectivity index (χ3v) is 18.0. The van der Waals surface area contributed by atoms with Gasteiger partial charge in [0.15, 0.2) is 0 Å². The molecule has 0 nitrogen and oxygen atoms in total. The van der Waals surface area contributed by atoms with Gasteiger partial charge in [0.1, 0.15) is 0 Å². The van der Waals surface area contributed by atoms with E-state index in [-0.39, 0.29) is 27.1 Å². The monoisotopic (exact) mass is 735 g/mol. The molecule has 4 aromatic rings. The largest absolute Gasteiger partial charge is 0.0648 e. The summed E-state index contributed by atoms with van der Waals surface area (Å²) in [5.74, 6) is 0.503. The molecule has 4 rings (SSSR count). The molecule has 0 heterocycles. The molecule has 4 aromatic carbocycles. The lowest BCUT2D eigenvalue weighted by molar-refractivity contribution is 0.176. The topological polar surface area (TPSA) is 0 Å². The molecule has 0 saturated heterocycles. The van der Waals surface area contributed by atoms with Crippen LogP contribution in [-0.2, 0) is 21.7 Å². The maximum atomic E-state index is 2.62. The third-order valence-electron chi connectivity index (χ3n) is 12.1. The first-order chi connectivity index (χ1) is 23.9. The molecule has 0 aliphatic carbocycles. The van der Waals surface area contributed by atoms with Gasteiger partial charge in [0.25, 0.3) is 0 Å². The first-order valence-electron chi connectivity index (χ1n) is 19.9. The minimum absolute atomic E-state index is 0.0915. The highest BCUT2D eigenvalue weighted by Gasteiger charge is 2.49. The zero-order valence-corrected chi connectivity index (χ0v) is 37.9. The van der Waals surface area contributed by atoms with E-state index in [1.807, 2.05) is 0 Å². The van der Waals surface area contributed by atoms with Crippen LogP contribution in [0, 0.1) is 11.3 Å². The van der Waals surface area contributed by atoms with Crippen LogP contribution in [0.25, 0.3) is 0 Å². The minimum atomic E-state index is -0.661. The molecule has 0 fully saturated rings. The summed E-state index contributed by atoms with van der Waals surface area (Å²) in [4.78, 5) is 0. The third kappa shape index (κ3) is 9.15. The van der Waals surface area contributed by atoms with Crippen molar-refractivity contribution in [1.29, 1.82) is 0 Å². The van der Waals surface area contributed by atoms with Crippen LogP contribution in [0.15, 0.2) is 97.1 Å². The molecular formula is C50H72P2. The SMILES string of the molecule is CCC(C(C)C)(C(C)P(c1ccc(C(C)(C)C)cc1)c1ccc(C(C)(C)C)cc1)C(C)P(c1ccc(C(C)(C)C)cc1)c1ccc(C(C)(C)C)cc1. The molecule has 0 saturated carbocycles. The minimum Gasteiger partial charge on any atom is -0.0648 e. The molecular weight excluding hydrogens is 662 g/mol. The van der Waals surface area contributed by atoms with Crippen LogP contribution in [0.3, 0.4) is 0 Å². The van der Waals surface area contributed by atoms with Crippen molar-refractivity contribution in [3.63, 3.8) is 0 Å². The number of hydrogen-bond donors (Lipinski definition) is 0. The molecule has 2 unspecified atom stereocenters. The second-order valence-corrected chi connectivity index (χ2v) is 25.0. The van der Waals surface area contributed by atoms with Crippen molar-refractivity contribution in [2.24, 2.45) is 11.3 Å². The van der Waals surface area contributed by atoms with Crippen molar-refractivity contribution in [3.05, 3.63) is 119 Å². The van der Waals surface area contributed by atoms with Crippen LogP contribution in [0.5, 0.6) is 0 Å². The molecule has 0 radical (unpaired) electrons. The summed E-state index contributed by atoms with van der Waals surface area (Å²) in [7, 11) is -1.32. The Kier molecular flexibility index (Phi) is 12.9. The van der Waals surface area contributed by atoms with Crippen LogP contribution in [-0.4, -0.2) is 11.3 Å². The van der Waals surface area contributed by atoms with Crippen molar-refractivity contribution in [2.75, 3.05) is 0 Å². The van der Waals surface area contributed by atoms with Gasteiger partial charge in [0, 0.05) is 0 Å². The van der Waals surface area contributed by atoms with Crippen molar-refractivity contribution in [2.45, 2.75) is 157 Å². The van der Waals surface area contributed by atoms with Gasteiger partial charge in [-0.2, -0.15) is 0 Å². The summed E-state index contributed by atoms with van der Waals surface area (Å²) in [6, 6.07) is 39.1. The Bertz CT molecular complexity index is 1470. The lowest BCUT2D eigenvalue weighted by Crippen LogP contribution is -2.48. The Balaban J connectivity index is 1.96. The number of rotatable bonds is 10. The second kappa shape index (κ2) is 15.8. The summed E-state index contributed by atoms with van der Waals surface area (Å²) in [5.41, 5.74) is 7.13. The number of benzene rings is 4. The van der Waals surface area contributed by atoms with Crippen LogP contribution < -0.4 is 21.2 Å². The molecule has 0 aromatic heterocycles. The molecule has 0 bridgehead atoms. The van der Waals surface area contributed by atoms with Crippen molar-refractivity contribution in [1.82, 2.24) is 0 Å². The van der Waals surface area contributed by atoms with Gasteiger partial charge in [-0.25, -0.2) is 0 Å². The summed E-state index contributed by atoms with van der Waals surface area (Å²) < 4.78 is 0. The van der Waals surface area contributed by atoms with E-state index in [0.717, 1.165) is 6.42 Å². The summed E-state index contributed by atoms with van der Waals surface area (Å²) in [6.07, 6.45) is 1.14. The van der Waals surface area contributed by atoms with Crippen molar-refractivity contribution < 1.29 is 0 Å². The normalized spacial score (nSPS) is 15.6. The van der Waals surface area contributed by atoms with Crippen molar-refractivity contribution in [3.8, 4) is 0 Å². The Morgan fingerprint density at radius 1 is 0.365 bits per heavy atom. The highest BCUT2D eigenvalue weighted by atomic mass is 31.1. The Morgan fingerprint density at radius 3 is 0.692 bits per heavy atom. The van der Waals surface area contributed by atoms with Gasteiger partial charge in [0.05, 0.1) is 0 Å². The molecule has 52 heavy (non-hydrogen) atoms. The standard InChI is InChI=1S/C50H72P2/c1-18-50(35(2)3,36(4)51(42-27-19-38(20-28-42)46(6,7)8)43-29-21-39(22-30-43)47(9,10)11)37(5)52(44-31-23-40(24-32-44)48(12,13)14)45-33-25-41(26-34-45)49(15,16)17/h19-37H,18H2,1-17H3. The Labute approximate surface area is 323 Å². The van der Waals surface area contributed by atoms with Gasteiger partial charge in [-0.05, 0) is 110 Å². The maximum absolute atomic E-state index is 2.62. The first-order valence-corrected chi connectivity index (χ1v) is 22.8. The molecule has 0 spiro atoms. The van der Waals surface area contributed by atoms with E-state index >= 15 is 0 Å². The first kappa shape index (κ1) is 42.5.